The fourth-order valence-corrected chi connectivity index (χ4v) is 2.99. The minimum Gasteiger partial charge on any atom is -0.352 e. The van der Waals surface area contributed by atoms with E-state index in [9.17, 15) is 0 Å². The fraction of sp³-hybridized carbons (Fsp3) is 0.611. The smallest absolute Gasteiger partial charge is 0.243 e. The summed E-state index contributed by atoms with van der Waals surface area (Å²) in [5, 5.41) is 11.8. The van der Waals surface area contributed by atoms with E-state index in [4.69, 9.17) is 0 Å². The summed E-state index contributed by atoms with van der Waals surface area (Å²) in [6.45, 7) is 11.0. The molecule has 0 saturated carbocycles. The first kappa shape index (κ1) is 16.1. The lowest BCUT2D eigenvalue weighted by molar-refractivity contribution is 0.237. The van der Waals surface area contributed by atoms with Crippen LogP contribution in [-0.2, 0) is 5.41 Å². The van der Waals surface area contributed by atoms with Crippen molar-refractivity contribution in [3.8, 4) is 0 Å². The first-order valence-electron chi connectivity index (χ1n) is 8.63. The van der Waals surface area contributed by atoms with Crippen molar-refractivity contribution in [2.45, 2.75) is 45.4 Å². The lowest BCUT2D eigenvalue weighted by atomic mass is 9.87. The zero-order valence-corrected chi connectivity index (χ0v) is 14.5. The molecule has 1 aliphatic rings. The lowest BCUT2D eigenvalue weighted by Gasteiger charge is -2.26. The molecule has 0 atom stereocenters. The van der Waals surface area contributed by atoms with E-state index in [1.807, 2.05) is 6.07 Å². The number of aromatic nitrogens is 3. The van der Waals surface area contributed by atoms with Crippen molar-refractivity contribution < 1.29 is 0 Å². The number of anilines is 1. The van der Waals surface area contributed by atoms with E-state index in [-0.39, 0.29) is 5.41 Å². The summed E-state index contributed by atoms with van der Waals surface area (Å²) in [6, 6.07) is 6.25. The zero-order chi connectivity index (χ0) is 16.3. The minimum absolute atomic E-state index is 0.112. The highest BCUT2D eigenvalue weighted by Crippen LogP contribution is 2.24. The minimum atomic E-state index is 0.112. The second-order valence-electron chi connectivity index (χ2n) is 7.42. The average Bonchev–Trinajstić information content (AvgIpc) is 2.54. The molecule has 1 saturated heterocycles. The van der Waals surface area contributed by atoms with Crippen LogP contribution in [-0.4, -0.2) is 46.3 Å². The van der Waals surface area contributed by atoms with Gasteiger partial charge in [-0.05, 0) is 49.0 Å². The molecule has 1 aromatic heterocycles. The second kappa shape index (κ2) is 6.79. The lowest BCUT2D eigenvalue weighted by Crippen LogP contribution is -2.33. The molecule has 1 N–H and O–H groups in total. The molecule has 2 aromatic rings. The van der Waals surface area contributed by atoms with Crippen LogP contribution >= 0.6 is 0 Å². The summed E-state index contributed by atoms with van der Waals surface area (Å²) in [7, 11) is 0. The molecule has 1 aliphatic heterocycles. The van der Waals surface area contributed by atoms with Gasteiger partial charge in [-0.2, -0.15) is 0 Å². The van der Waals surface area contributed by atoms with Gasteiger partial charge >= 0.3 is 0 Å². The first-order valence-corrected chi connectivity index (χ1v) is 8.63. The monoisotopic (exact) mass is 313 g/mol. The van der Waals surface area contributed by atoms with Gasteiger partial charge in [0.05, 0.1) is 5.52 Å². The molecule has 0 spiro atoms. The molecule has 0 unspecified atom stereocenters. The molecule has 3 rings (SSSR count). The Labute approximate surface area is 138 Å². The van der Waals surface area contributed by atoms with Crippen molar-refractivity contribution in [3.63, 3.8) is 0 Å². The van der Waals surface area contributed by atoms with Crippen LogP contribution in [0.2, 0.25) is 0 Å². The molecule has 0 aliphatic carbocycles. The van der Waals surface area contributed by atoms with Gasteiger partial charge < -0.3 is 10.2 Å². The maximum absolute atomic E-state index is 4.63. The number of fused-ring (bicyclic) bond motifs is 1. The second-order valence-corrected chi connectivity index (χ2v) is 7.42. The van der Waals surface area contributed by atoms with E-state index in [1.165, 1.54) is 37.9 Å². The van der Waals surface area contributed by atoms with Crippen molar-refractivity contribution in [3.05, 3.63) is 23.8 Å². The Morgan fingerprint density at radius 2 is 1.83 bits per heavy atom. The Morgan fingerprint density at radius 3 is 2.57 bits per heavy atom. The van der Waals surface area contributed by atoms with Crippen LogP contribution in [0.15, 0.2) is 18.2 Å². The highest BCUT2D eigenvalue weighted by atomic mass is 15.2. The highest BCUT2D eigenvalue weighted by molar-refractivity contribution is 5.75. The van der Waals surface area contributed by atoms with Crippen LogP contribution in [0.1, 0.15) is 45.6 Å². The molecule has 0 bridgehead atoms. The first-order chi connectivity index (χ1) is 11.0. The van der Waals surface area contributed by atoms with E-state index < -0.39 is 0 Å². The normalized spacial score (nSPS) is 16.7. The predicted octanol–water partition coefficient (Wildman–Crippen LogP) is 3.22. The summed E-state index contributed by atoms with van der Waals surface area (Å²) in [6.07, 6.45) is 4.02. The van der Waals surface area contributed by atoms with Crippen molar-refractivity contribution in [2.75, 3.05) is 31.5 Å². The molecule has 124 valence electrons. The SMILES string of the molecule is CC(C)(C)c1ccc2nnc(NCCN3CCCCC3)nc2c1. The van der Waals surface area contributed by atoms with Crippen molar-refractivity contribution >= 4 is 17.0 Å². The van der Waals surface area contributed by atoms with Gasteiger partial charge in [0.25, 0.3) is 0 Å². The summed E-state index contributed by atoms with van der Waals surface area (Å²) < 4.78 is 0. The van der Waals surface area contributed by atoms with Crippen LogP contribution in [0.5, 0.6) is 0 Å². The van der Waals surface area contributed by atoms with Crippen LogP contribution in [0.3, 0.4) is 0 Å². The molecule has 0 amide bonds. The number of piperidine rings is 1. The number of nitrogens with zero attached hydrogens (tertiary/aromatic N) is 4. The Hall–Kier alpha value is -1.75. The van der Waals surface area contributed by atoms with Gasteiger partial charge in [-0.1, -0.05) is 33.3 Å². The maximum Gasteiger partial charge on any atom is 0.243 e. The number of rotatable bonds is 4. The number of nitrogens with one attached hydrogen (secondary N) is 1. The number of likely N-dealkylation sites (tertiary alicyclic amines) is 1. The quantitative estimate of drug-likeness (QED) is 0.939. The Bertz CT molecular complexity index is 656. The summed E-state index contributed by atoms with van der Waals surface area (Å²) in [5.41, 5.74) is 3.14. The topological polar surface area (TPSA) is 53.9 Å². The highest BCUT2D eigenvalue weighted by Gasteiger charge is 2.15. The van der Waals surface area contributed by atoms with Gasteiger partial charge in [0, 0.05) is 13.1 Å². The number of benzene rings is 1. The molecule has 5 nitrogen and oxygen atoms in total. The third kappa shape index (κ3) is 4.16. The summed E-state index contributed by atoms with van der Waals surface area (Å²) in [4.78, 5) is 7.13. The molecule has 2 heterocycles. The third-order valence-corrected chi connectivity index (χ3v) is 4.48. The maximum atomic E-state index is 4.63. The molecule has 0 radical (unpaired) electrons. The van der Waals surface area contributed by atoms with Gasteiger partial charge in [-0.25, -0.2) is 4.98 Å². The standard InChI is InChI=1S/C18H27N5/c1-18(2,3)14-7-8-15-16(13-14)20-17(22-21-15)19-9-12-23-10-5-4-6-11-23/h7-8,13H,4-6,9-12H2,1-3H3,(H,19,20,22). The molecular formula is C18H27N5. The van der Waals surface area contributed by atoms with E-state index in [2.05, 4.69) is 58.3 Å². The third-order valence-electron chi connectivity index (χ3n) is 4.48. The molecule has 1 fully saturated rings. The van der Waals surface area contributed by atoms with Crippen molar-refractivity contribution in [2.24, 2.45) is 0 Å². The van der Waals surface area contributed by atoms with Crippen LogP contribution in [0.25, 0.3) is 11.0 Å². The van der Waals surface area contributed by atoms with E-state index in [1.54, 1.807) is 0 Å². The van der Waals surface area contributed by atoms with E-state index >= 15 is 0 Å². The van der Waals surface area contributed by atoms with Crippen LogP contribution in [0, 0.1) is 0 Å². The van der Waals surface area contributed by atoms with Gasteiger partial charge in [-0.15, -0.1) is 10.2 Å². The number of hydrogen-bond donors (Lipinski definition) is 1. The van der Waals surface area contributed by atoms with Gasteiger partial charge in [0.1, 0.15) is 5.52 Å². The van der Waals surface area contributed by atoms with E-state index in [0.717, 1.165) is 24.1 Å². The summed E-state index contributed by atoms with van der Waals surface area (Å²) >= 11 is 0. The van der Waals surface area contributed by atoms with Gasteiger partial charge in [-0.3, -0.25) is 0 Å². The van der Waals surface area contributed by atoms with Crippen LogP contribution < -0.4 is 5.32 Å². The predicted molar refractivity (Wildman–Crippen MR) is 94.8 cm³/mol. The van der Waals surface area contributed by atoms with E-state index in [0.29, 0.717) is 5.95 Å². The Morgan fingerprint density at radius 1 is 1.04 bits per heavy atom. The van der Waals surface area contributed by atoms with Crippen molar-refractivity contribution in [1.29, 1.82) is 0 Å². The largest absolute Gasteiger partial charge is 0.352 e. The fourth-order valence-electron chi connectivity index (χ4n) is 2.99. The van der Waals surface area contributed by atoms with Gasteiger partial charge in [0.15, 0.2) is 0 Å². The molecule has 1 aromatic carbocycles. The van der Waals surface area contributed by atoms with Crippen molar-refractivity contribution in [1.82, 2.24) is 20.1 Å². The molecule has 5 heteroatoms. The average molecular weight is 313 g/mol. The van der Waals surface area contributed by atoms with Crippen LogP contribution in [0.4, 0.5) is 5.95 Å². The molecular weight excluding hydrogens is 286 g/mol. The number of hydrogen-bond acceptors (Lipinski definition) is 5. The van der Waals surface area contributed by atoms with Gasteiger partial charge in [0.2, 0.25) is 5.95 Å². The summed E-state index contributed by atoms with van der Waals surface area (Å²) in [5.74, 6) is 0.626. The Kier molecular flexibility index (Phi) is 4.76. The Balaban J connectivity index is 1.66. The zero-order valence-electron chi connectivity index (χ0n) is 14.5. The molecule has 23 heavy (non-hydrogen) atoms.